The SMILES string of the molecule is CC1(O)C(C(=O)O)=Cc2cc(C(=O)O)ccc2C1N=Nc1cc(Nc2nc(F)nc(F)c2Cl)cc(S(=O)(=O)O)c1. The van der Waals surface area contributed by atoms with E-state index < -0.39 is 67.0 Å². The van der Waals surface area contributed by atoms with Crippen molar-refractivity contribution < 1.29 is 46.7 Å². The number of nitrogens with one attached hydrogen (secondary N) is 1. The lowest BCUT2D eigenvalue weighted by atomic mass is 9.77. The normalized spacial score (nSPS) is 18.8. The predicted molar refractivity (Wildman–Crippen MR) is 133 cm³/mol. The van der Waals surface area contributed by atoms with Crippen LogP contribution in [-0.2, 0) is 14.9 Å². The smallest absolute Gasteiger partial charge is 0.335 e. The molecule has 1 aliphatic carbocycles. The first kappa shape index (κ1) is 28.6. The fraction of sp³-hybridized carbons (Fsp3) is 0.130. The molecule has 0 fully saturated rings. The number of aromatic carboxylic acids is 1. The maximum atomic E-state index is 13.7. The Balaban J connectivity index is 1.82. The summed E-state index contributed by atoms with van der Waals surface area (Å²) in [7, 11) is -4.86. The Hall–Kier alpha value is -4.38. The van der Waals surface area contributed by atoms with Gasteiger partial charge in [0, 0.05) is 5.69 Å². The van der Waals surface area contributed by atoms with Gasteiger partial charge in [0.05, 0.1) is 21.7 Å². The molecule has 0 amide bonds. The summed E-state index contributed by atoms with van der Waals surface area (Å²) in [6.45, 7) is 1.15. The maximum absolute atomic E-state index is 13.7. The number of fused-ring (bicyclic) bond motifs is 1. The molecule has 0 bridgehead atoms. The topological polar surface area (TPSA) is 212 Å². The molecule has 1 aliphatic rings. The second kappa shape index (κ2) is 10.3. The zero-order valence-electron chi connectivity index (χ0n) is 19.9. The largest absolute Gasteiger partial charge is 0.478 e. The van der Waals surface area contributed by atoms with Crippen molar-refractivity contribution in [2.75, 3.05) is 5.32 Å². The number of anilines is 2. The van der Waals surface area contributed by atoms with Crippen LogP contribution in [0.5, 0.6) is 0 Å². The zero-order valence-corrected chi connectivity index (χ0v) is 21.4. The first-order valence-corrected chi connectivity index (χ1v) is 12.6. The van der Waals surface area contributed by atoms with E-state index in [1.165, 1.54) is 18.2 Å². The van der Waals surface area contributed by atoms with E-state index in [1.807, 2.05) is 0 Å². The lowest BCUT2D eigenvalue weighted by Gasteiger charge is -2.34. The summed E-state index contributed by atoms with van der Waals surface area (Å²) in [5.41, 5.74) is -3.03. The summed E-state index contributed by atoms with van der Waals surface area (Å²) in [6, 6.07) is 5.14. The van der Waals surface area contributed by atoms with Crippen molar-refractivity contribution in [1.29, 1.82) is 0 Å². The van der Waals surface area contributed by atoms with Crippen LogP contribution in [0.3, 0.4) is 0 Å². The molecule has 208 valence electrons. The summed E-state index contributed by atoms with van der Waals surface area (Å²) >= 11 is 5.74. The summed E-state index contributed by atoms with van der Waals surface area (Å²) in [4.78, 5) is 28.6. The van der Waals surface area contributed by atoms with E-state index in [4.69, 9.17) is 11.6 Å². The fourth-order valence-corrected chi connectivity index (χ4v) is 4.56. The maximum Gasteiger partial charge on any atom is 0.335 e. The third kappa shape index (κ3) is 5.64. The number of halogens is 3. The molecule has 17 heteroatoms. The van der Waals surface area contributed by atoms with E-state index in [-0.39, 0.29) is 28.1 Å². The van der Waals surface area contributed by atoms with Crippen LogP contribution >= 0.6 is 11.6 Å². The average molecular weight is 596 g/mol. The number of aromatic nitrogens is 2. The molecule has 2 atom stereocenters. The standard InChI is InChI=1S/C23H16ClF2N5O8S/c1-23(36)15(21(34)35)5-10-4-9(20(32)33)2-3-14(10)17(23)31-30-12-6-11(7-13(8-12)40(37,38)39)27-19-16(24)18(25)28-22(26)29-19/h2-8,17,36H,1H3,(H,32,33)(H,34,35)(H,27,28,29)(H,37,38,39). The summed E-state index contributed by atoms with van der Waals surface area (Å²) in [5.74, 6) is -4.79. The molecule has 2 aromatic carbocycles. The Morgan fingerprint density at radius 1 is 1.10 bits per heavy atom. The van der Waals surface area contributed by atoms with Gasteiger partial charge in [-0.15, -0.1) is 0 Å². The molecular formula is C23H16ClF2N5O8S. The van der Waals surface area contributed by atoms with Crippen molar-refractivity contribution in [3.05, 3.63) is 75.7 Å². The molecule has 4 rings (SSSR count). The minimum atomic E-state index is -4.86. The van der Waals surface area contributed by atoms with E-state index >= 15 is 0 Å². The van der Waals surface area contributed by atoms with E-state index in [0.29, 0.717) is 0 Å². The van der Waals surface area contributed by atoms with E-state index in [0.717, 1.165) is 31.2 Å². The molecule has 5 N–H and O–H groups in total. The monoisotopic (exact) mass is 595 g/mol. The van der Waals surface area contributed by atoms with Crippen molar-refractivity contribution in [2.45, 2.75) is 23.5 Å². The number of nitrogens with zero attached hydrogens (tertiary/aromatic N) is 4. The highest BCUT2D eigenvalue weighted by Gasteiger charge is 2.44. The van der Waals surface area contributed by atoms with Crippen molar-refractivity contribution in [3.8, 4) is 0 Å². The van der Waals surface area contributed by atoms with Crippen molar-refractivity contribution in [2.24, 2.45) is 10.2 Å². The van der Waals surface area contributed by atoms with Gasteiger partial charge in [0.25, 0.3) is 10.1 Å². The van der Waals surface area contributed by atoms with Gasteiger partial charge in [0.1, 0.15) is 16.7 Å². The van der Waals surface area contributed by atoms with Crippen LogP contribution in [0.4, 0.5) is 26.0 Å². The highest BCUT2D eigenvalue weighted by Crippen LogP contribution is 2.43. The minimum Gasteiger partial charge on any atom is -0.478 e. The summed E-state index contributed by atoms with van der Waals surface area (Å²) in [6.07, 6.45) is -0.386. The first-order chi connectivity index (χ1) is 18.6. The molecule has 0 saturated carbocycles. The quantitative estimate of drug-likeness (QED) is 0.113. The summed E-state index contributed by atoms with van der Waals surface area (Å²) in [5, 5.41) is 39.6. The molecule has 40 heavy (non-hydrogen) atoms. The second-order valence-corrected chi connectivity index (χ2v) is 10.3. The molecule has 1 aromatic heterocycles. The van der Waals surface area contributed by atoms with Crippen LogP contribution in [0, 0.1) is 12.0 Å². The van der Waals surface area contributed by atoms with Crippen LogP contribution < -0.4 is 5.32 Å². The molecule has 3 aromatic rings. The number of hydrogen-bond acceptors (Lipinski definition) is 10. The number of hydrogen-bond donors (Lipinski definition) is 5. The molecule has 0 aliphatic heterocycles. The molecular weight excluding hydrogens is 580 g/mol. The first-order valence-electron chi connectivity index (χ1n) is 10.8. The average Bonchev–Trinajstić information content (AvgIpc) is 2.84. The number of carboxylic acids is 2. The lowest BCUT2D eigenvalue weighted by Crippen LogP contribution is -2.39. The number of aliphatic carboxylic acids is 1. The van der Waals surface area contributed by atoms with Gasteiger partial charge in [-0.05, 0) is 54.5 Å². The number of azo groups is 1. The Morgan fingerprint density at radius 3 is 2.42 bits per heavy atom. The van der Waals surface area contributed by atoms with Crippen molar-refractivity contribution in [1.82, 2.24) is 9.97 Å². The number of rotatable bonds is 7. The number of aliphatic hydroxyl groups is 1. The van der Waals surface area contributed by atoms with Gasteiger partial charge in [-0.2, -0.15) is 37.4 Å². The Kier molecular flexibility index (Phi) is 7.37. The third-order valence-electron chi connectivity index (χ3n) is 5.76. The minimum absolute atomic E-state index is 0.129. The third-order valence-corrected chi connectivity index (χ3v) is 6.93. The molecule has 0 radical (unpaired) electrons. The van der Waals surface area contributed by atoms with E-state index in [9.17, 15) is 46.7 Å². The second-order valence-electron chi connectivity index (χ2n) is 8.54. The van der Waals surface area contributed by atoms with Crippen LogP contribution in [0.15, 0.2) is 57.1 Å². The molecule has 0 saturated heterocycles. The fourth-order valence-electron chi connectivity index (χ4n) is 3.89. The van der Waals surface area contributed by atoms with Gasteiger partial charge < -0.3 is 20.6 Å². The molecule has 0 spiro atoms. The summed E-state index contributed by atoms with van der Waals surface area (Å²) < 4.78 is 60.6. The van der Waals surface area contributed by atoms with Crippen LogP contribution in [-0.4, -0.2) is 55.8 Å². The van der Waals surface area contributed by atoms with Gasteiger partial charge in [0.2, 0.25) is 5.95 Å². The van der Waals surface area contributed by atoms with E-state index in [2.05, 4.69) is 25.5 Å². The van der Waals surface area contributed by atoms with Gasteiger partial charge >= 0.3 is 18.0 Å². The number of benzene rings is 2. The number of carboxylic acid groups (broad SMARTS) is 2. The van der Waals surface area contributed by atoms with Crippen LogP contribution in [0.25, 0.3) is 6.08 Å². The van der Waals surface area contributed by atoms with Crippen molar-refractivity contribution in [3.63, 3.8) is 0 Å². The molecule has 2 unspecified atom stereocenters. The van der Waals surface area contributed by atoms with E-state index in [1.54, 1.807) is 0 Å². The molecule has 13 nitrogen and oxygen atoms in total. The molecule has 1 heterocycles. The predicted octanol–water partition coefficient (Wildman–Crippen LogP) is 4.15. The van der Waals surface area contributed by atoms with Crippen LogP contribution in [0.2, 0.25) is 5.02 Å². The highest BCUT2D eigenvalue weighted by atomic mass is 35.5. The Labute approximate surface area is 228 Å². The zero-order chi connectivity index (χ0) is 29.6. The Morgan fingerprint density at radius 2 is 1.80 bits per heavy atom. The lowest BCUT2D eigenvalue weighted by molar-refractivity contribution is -0.135. The highest BCUT2D eigenvalue weighted by molar-refractivity contribution is 7.85. The van der Waals surface area contributed by atoms with Gasteiger partial charge in [0.15, 0.2) is 5.82 Å². The van der Waals surface area contributed by atoms with Crippen molar-refractivity contribution >= 4 is 56.9 Å². The van der Waals surface area contributed by atoms with Gasteiger partial charge in [-0.25, -0.2) is 9.59 Å². The van der Waals surface area contributed by atoms with Gasteiger partial charge in [-0.3, -0.25) is 4.55 Å². The number of carbonyl (C=O) groups is 2. The van der Waals surface area contributed by atoms with Crippen LogP contribution in [0.1, 0.15) is 34.5 Å². The van der Waals surface area contributed by atoms with Gasteiger partial charge in [-0.1, -0.05) is 17.7 Å². The Bertz CT molecular complexity index is 1750.